The summed E-state index contributed by atoms with van der Waals surface area (Å²) in [5.74, 6) is 0.920. The second-order valence-electron chi connectivity index (χ2n) is 8.08. The number of benzene rings is 1. The van der Waals surface area contributed by atoms with E-state index in [2.05, 4.69) is 20.1 Å². The smallest absolute Gasteiger partial charge is 0.262 e. The van der Waals surface area contributed by atoms with E-state index >= 15 is 0 Å². The predicted octanol–water partition coefficient (Wildman–Crippen LogP) is 2.60. The normalized spacial score (nSPS) is 21.0. The van der Waals surface area contributed by atoms with E-state index in [4.69, 9.17) is 4.52 Å². The number of aliphatic hydroxyl groups is 1. The van der Waals surface area contributed by atoms with Gasteiger partial charge in [0.05, 0.1) is 29.0 Å². The molecule has 4 aromatic rings. The molecule has 0 atom stereocenters. The molecule has 3 aromatic heterocycles. The molecule has 0 bridgehead atoms. The maximum Gasteiger partial charge on any atom is 0.262 e. The van der Waals surface area contributed by atoms with E-state index < -0.39 is 5.60 Å². The highest BCUT2D eigenvalue weighted by Crippen LogP contribution is 2.50. The van der Waals surface area contributed by atoms with E-state index in [0.717, 1.165) is 16.7 Å². The second-order valence-corrected chi connectivity index (χ2v) is 8.08. The van der Waals surface area contributed by atoms with Crippen molar-refractivity contribution in [1.82, 2.24) is 24.7 Å². The van der Waals surface area contributed by atoms with E-state index in [9.17, 15) is 9.90 Å². The van der Waals surface area contributed by atoms with E-state index in [1.54, 1.807) is 12.4 Å². The molecule has 0 amide bonds. The van der Waals surface area contributed by atoms with Gasteiger partial charge in [-0.1, -0.05) is 35.0 Å². The number of pyridine rings is 1. The summed E-state index contributed by atoms with van der Waals surface area (Å²) in [7, 11) is 0. The molecule has 1 aromatic carbocycles. The van der Waals surface area contributed by atoms with Crippen molar-refractivity contribution in [2.45, 2.75) is 44.8 Å². The Balaban J connectivity index is 1.33. The first-order valence-corrected chi connectivity index (χ1v) is 9.85. The van der Waals surface area contributed by atoms with E-state index in [-0.39, 0.29) is 18.0 Å². The summed E-state index contributed by atoms with van der Waals surface area (Å²) >= 11 is 0. The Morgan fingerprint density at radius 2 is 1.97 bits per heavy atom. The fraction of sp³-hybridized carbons (Fsp3) is 0.318. The molecule has 30 heavy (non-hydrogen) atoms. The van der Waals surface area contributed by atoms with Gasteiger partial charge in [0.25, 0.3) is 5.56 Å². The Bertz CT molecular complexity index is 1290. The molecule has 1 aliphatic carbocycles. The minimum atomic E-state index is -0.857. The summed E-state index contributed by atoms with van der Waals surface area (Å²) in [5.41, 5.74) is 2.38. The van der Waals surface area contributed by atoms with Gasteiger partial charge in [0.15, 0.2) is 5.82 Å². The van der Waals surface area contributed by atoms with Gasteiger partial charge in [0.1, 0.15) is 6.54 Å². The van der Waals surface area contributed by atoms with Gasteiger partial charge in [-0.05, 0) is 37.8 Å². The van der Waals surface area contributed by atoms with Crippen molar-refractivity contribution in [2.24, 2.45) is 0 Å². The Hall–Kier alpha value is -3.39. The Morgan fingerprint density at radius 1 is 1.20 bits per heavy atom. The lowest BCUT2D eigenvalue weighted by atomic mass is 9.67. The molecule has 1 aliphatic rings. The van der Waals surface area contributed by atoms with E-state index in [1.807, 2.05) is 38.1 Å². The SMILES string of the molecule is Cc1ccc(C2(O)CC(c3noc(Cn4cnc5cncc(C)c5c4=O)n3)C2)cc1. The van der Waals surface area contributed by atoms with Crippen LogP contribution >= 0.6 is 0 Å². The van der Waals surface area contributed by atoms with Crippen LogP contribution in [0.5, 0.6) is 0 Å². The standard InChI is InChI=1S/C22H21N5O3/c1-13-3-5-16(6-4-13)22(29)7-15(8-22)20-25-18(30-26-20)11-27-12-24-17-10-23-9-14(2)19(17)21(27)28/h3-6,9-10,12,15,29H,7-8,11H2,1-2H3. The highest BCUT2D eigenvalue weighted by Gasteiger charge is 2.46. The van der Waals surface area contributed by atoms with Gasteiger partial charge in [-0.15, -0.1) is 0 Å². The first-order chi connectivity index (χ1) is 14.4. The van der Waals surface area contributed by atoms with Crippen molar-refractivity contribution >= 4 is 10.9 Å². The van der Waals surface area contributed by atoms with Gasteiger partial charge in [0.2, 0.25) is 5.89 Å². The molecule has 1 saturated carbocycles. The third-order valence-corrected chi connectivity index (χ3v) is 5.84. The summed E-state index contributed by atoms with van der Waals surface area (Å²) in [5, 5.41) is 15.5. The summed E-state index contributed by atoms with van der Waals surface area (Å²) in [6.07, 6.45) is 5.77. The van der Waals surface area contributed by atoms with Crippen LogP contribution in [-0.2, 0) is 12.1 Å². The molecular formula is C22H21N5O3. The third-order valence-electron chi connectivity index (χ3n) is 5.84. The minimum Gasteiger partial charge on any atom is -0.385 e. The highest BCUT2D eigenvalue weighted by atomic mass is 16.5. The van der Waals surface area contributed by atoms with Crippen LogP contribution < -0.4 is 5.56 Å². The van der Waals surface area contributed by atoms with Crippen LogP contribution in [0.4, 0.5) is 0 Å². The molecule has 1 fully saturated rings. The summed E-state index contributed by atoms with van der Waals surface area (Å²) in [6, 6.07) is 7.92. The van der Waals surface area contributed by atoms with Crippen molar-refractivity contribution in [3.8, 4) is 0 Å². The lowest BCUT2D eigenvalue weighted by Crippen LogP contribution is -2.40. The first kappa shape index (κ1) is 18.6. The third kappa shape index (κ3) is 3.09. The topological polar surface area (TPSA) is 107 Å². The lowest BCUT2D eigenvalue weighted by Gasteiger charge is -2.42. The average Bonchev–Trinajstić information content (AvgIpc) is 3.16. The van der Waals surface area contributed by atoms with Crippen LogP contribution in [0.15, 0.2) is 52.3 Å². The molecule has 1 N–H and O–H groups in total. The van der Waals surface area contributed by atoms with Gasteiger partial charge in [-0.3, -0.25) is 14.3 Å². The molecule has 0 unspecified atom stereocenters. The van der Waals surface area contributed by atoms with Crippen LogP contribution in [0.25, 0.3) is 10.9 Å². The van der Waals surface area contributed by atoms with Crippen molar-refractivity contribution in [3.05, 3.63) is 81.7 Å². The average molecular weight is 403 g/mol. The van der Waals surface area contributed by atoms with Crippen molar-refractivity contribution in [1.29, 1.82) is 0 Å². The number of nitrogens with zero attached hydrogens (tertiary/aromatic N) is 5. The minimum absolute atomic E-state index is 0.0218. The molecule has 3 heterocycles. The van der Waals surface area contributed by atoms with E-state index in [1.165, 1.54) is 10.9 Å². The zero-order valence-electron chi connectivity index (χ0n) is 16.7. The molecule has 0 aliphatic heterocycles. The predicted molar refractivity (Wildman–Crippen MR) is 109 cm³/mol. The van der Waals surface area contributed by atoms with Crippen molar-refractivity contribution in [3.63, 3.8) is 0 Å². The Morgan fingerprint density at radius 3 is 2.73 bits per heavy atom. The van der Waals surface area contributed by atoms with Crippen LogP contribution in [0.3, 0.4) is 0 Å². The molecule has 8 nitrogen and oxygen atoms in total. The largest absolute Gasteiger partial charge is 0.385 e. The summed E-state index contributed by atoms with van der Waals surface area (Å²) in [6.45, 7) is 4.00. The highest BCUT2D eigenvalue weighted by molar-refractivity contribution is 5.79. The van der Waals surface area contributed by atoms with Crippen LogP contribution in [0, 0.1) is 13.8 Å². The van der Waals surface area contributed by atoms with E-state index in [0.29, 0.717) is 35.5 Å². The number of aromatic nitrogens is 5. The number of fused-ring (bicyclic) bond motifs is 1. The van der Waals surface area contributed by atoms with Crippen molar-refractivity contribution in [2.75, 3.05) is 0 Å². The van der Waals surface area contributed by atoms with Crippen LogP contribution in [0.2, 0.25) is 0 Å². The maximum absolute atomic E-state index is 12.8. The second kappa shape index (κ2) is 6.84. The zero-order valence-corrected chi connectivity index (χ0v) is 16.7. The molecule has 0 spiro atoms. The zero-order chi connectivity index (χ0) is 20.9. The fourth-order valence-electron chi connectivity index (χ4n) is 4.05. The molecule has 0 radical (unpaired) electrons. The lowest BCUT2D eigenvalue weighted by molar-refractivity contribution is -0.0573. The first-order valence-electron chi connectivity index (χ1n) is 9.85. The molecule has 8 heteroatoms. The van der Waals surface area contributed by atoms with Gasteiger partial charge >= 0.3 is 0 Å². The molecule has 0 saturated heterocycles. The summed E-state index contributed by atoms with van der Waals surface area (Å²) in [4.78, 5) is 25.6. The maximum atomic E-state index is 12.8. The molecule has 152 valence electrons. The van der Waals surface area contributed by atoms with Crippen LogP contribution in [-0.4, -0.2) is 29.8 Å². The van der Waals surface area contributed by atoms with Crippen LogP contribution in [0.1, 0.15) is 47.2 Å². The van der Waals surface area contributed by atoms with Gasteiger partial charge < -0.3 is 9.63 Å². The van der Waals surface area contributed by atoms with Gasteiger partial charge in [0, 0.05) is 12.1 Å². The molecule has 5 rings (SSSR count). The Kier molecular flexibility index (Phi) is 4.25. The van der Waals surface area contributed by atoms with Crippen molar-refractivity contribution < 1.29 is 9.63 Å². The fourth-order valence-corrected chi connectivity index (χ4v) is 4.05. The number of rotatable bonds is 4. The number of hydrogen-bond donors (Lipinski definition) is 1. The monoisotopic (exact) mass is 403 g/mol. The number of aryl methyl sites for hydroxylation is 2. The van der Waals surface area contributed by atoms with Gasteiger partial charge in [-0.25, -0.2) is 4.98 Å². The molecular weight excluding hydrogens is 382 g/mol. The summed E-state index contributed by atoms with van der Waals surface area (Å²) < 4.78 is 6.82. The Labute approximate surface area is 172 Å². The number of hydrogen-bond acceptors (Lipinski definition) is 7. The van der Waals surface area contributed by atoms with Gasteiger partial charge in [-0.2, -0.15) is 4.98 Å². The quantitative estimate of drug-likeness (QED) is 0.558.